The number of sulfonamides is 1. The highest BCUT2D eigenvalue weighted by Gasteiger charge is 2.23. The summed E-state index contributed by atoms with van der Waals surface area (Å²) in [5, 5.41) is 2.67. The fourth-order valence-corrected chi connectivity index (χ4v) is 4.53. The molecule has 0 aliphatic carbocycles. The summed E-state index contributed by atoms with van der Waals surface area (Å²) in [4.78, 5) is 21.3. The van der Waals surface area contributed by atoms with Gasteiger partial charge in [-0.15, -0.1) is 0 Å². The molecule has 9 heteroatoms. The molecule has 0 aliphatic rings. The molecule has 0 aliphatic heterocycles. The molecule has 162 valence electrons. The second kappa shape index (κ2) is 9.67. The van der Waals surface area contributed by atoms with Gasteiger partial charge in [0.15, 0.2) is 0 Å². The van der Waals surface area contributed by atoms with Crippen molar-refractivity contribution in [1.82, 2.24) is 14.3 Å². The van der Waals surface area contributed by atoms with Crippen molar-refractivity contribution in [3.05, 3.63) is 60.4 Å². The summed E-state index contributed by atoms with van der Waals surface area (Å²) >= 11 is 0. The molecule has 0 fully saturated rings. The SMILES string of the molecule is CCN(CC)S(=O)(=O)c1ccc(OC)c(NC(=O)/C=C/c2cnc3ccccc3n2)c1. The molecule has 1 amide bonds. The Hall–Kier alpha value is -3.30. The van der Waals surface area contributed by atoms with Crippen LogP contribution in [0.1, 0.15) is 19.5 Å². The van der Waals surface area contributed by atoms with Gasteiger partial charge in [0.05, 0.1) is 40.6 Å². The molecule has 0 saturated carbocycles. The van der Waals surface area contributed by atoms with Crippen LogP contribution in [0.25, 0.3) is 17.1 Å². The Morgan fingerprint density at radius 2 is 1.84 bits per heavy atom. The number of amides is 1. The number of rotatable bonds is 8. The van der Waals surface area contributed by atoms with Gasteiger partial charge in [0.2, 0.25) is 15.9 Å². The Kier molecular flexibility index (Phi) is 6.98. The molecule has 2 aromatic carbocycles. The number of ether oxygens (including phenoxy) is 1. The van der Waals surface area contributed by atoms with Gasteiger partial charge in [0.1, 0.15) is 5.75 Å². The van der Waals surface area contributed by atoms with Crippen LogP contribution in [0.4, 0.5) is 5.69 Å². The molecule has 0 bridgehead atoms. The standard InChI is InChI=1S/C22H24N4O4S/c1-4-26(5-2)31(28,29)17-11-12-21(30-3)20(14-17)25-22(27)13-10-16-15-23-18-8-6-7-9-19(18)24-16/h6-15H,4-5H2,1-3H3,(H,25,27)/b13-10+. The molecule has 1 heterocycles. The third-order valence-electron chi connectivity index (χ3n) is 4.64. The quantitative estimate of drug-likeness (QED) is 0.539. The lowest BCUT2D eigenvalue weighted by atomic mass is 10.2. The van der Waals surface area contributed by atoms with Crippen LogP contribution in [0.2, 0.25) is 0 Å². The average molecular weight is 441 g/mol. The van der Waals surface area contributed by atoms with Crippen LogP contribution in [0.15, 0.2) is 59.6 Å². The number of nitrogens with zero attached hydrogens (tertiary/aromatic N) is 3. The number of methoxy groups -OCH3 is 1. The Balaban J connectivity index is 1.83. The van der Waals surface area contributed by atoms with Crippen molar-refractivity contribution in [2.45, 2.75) is 18.7 Å². The maximum atomic E-state index is 12.8. The summed E-state index contributed by atoms with van der Waals surface area (Å²) in [5.74, 6) is -0.101. The van der Waals surface area contributed by atoms with Crippen molar-refractivity contribution >= 4 is 38.7 Å². The van der Waals surface area contributed by atoms with Gasteiger partial charge < -0.3 is 10.1 Å². The Labute approximate surface area is 181 Å². The van der Waals surface area contributed by atoms with Crippen molar-refractivity contribution < 1.29 is 17.9 Å². The van der Waals surface area contributed by atoms with E-state index in [1.165, 1.54) is 41.8 Å². The van der Waals surface area contributed by atoms with Gasteiger partial charge in [-0.2, -0.15) is 4.31 Å². The van der Waals surface area contributed by atoms with Gasteiger partial charge in [-0.25, -0.2) is 13.4 Å². The average Bonchev–Trinajstić information content (AvgIpc) is 2.78. The van der Waals surface area contributed by atoms with E-state index >= 15 is 0 Å². The van der Waals surface area contributed by atoms with E-state index in [0.29, 0.717) is 24.5 Å². The number of hydrogen-bond acceptors (Lipinski definition) is 6. The number of para-hydroxylation sites is 2. The maximum absolute atomic E-state index is 12.8. The summed E-state index contributed by atoms with van der Waals surface area (Å²) in [6.45, 7) is 4.24. The van der Waals surface area contributed by atoms with E-state index in [4.69, 9.17) is 4.74 Å². The lowest BCUT2D eigenvalue weighted by Crippen LogP contribution is -2.30. The van der Waals surface area contributed by atoms with Crippen LogP contribution < -0.4 is 10.1 Å². The number of anilines is 1. The van der Waals surface area contributed by atoms with Crippen LogP contribution in [0.3, 0.4) is 0 Å². The summed E-state index contributed by atoms with van der Waals surface area (Å²) in [6.07, 6.45) is 4.42. The Morgan fingerprint density at radius 1 is 1.13 bits per heavy atom. The van der Waals surface area contributed by atoms with Gasteiger partial charge in [-0.3, -0.25) is 9.78 Å². The van der Waals surface area contributed by atoms with Gasteiger partial charge in [-0.1, -0.05) is 26.0 Å². The van der Waals surface area contributed by atoms with Crippen molar-refractivity contribution in [3.63, 3.8) is 0 Å². The van der Waals surface area contributed by atoms with Gasteiger partial charge in [0, 0.05) is 19.2 Å². The predicted molar refractivity (Wildman–Crippen MR) is 120 cm³/mol. The first-order valence-electron chi connectivity index (χ1n) is 9.78. The monoisotopic (exact) mass is 440 g/mol. The fraction of sp³-hybridized carbons (Fsp3) is 0.227. The maximum Gasteiger partial charge on any atom is 0.248 e. The molecule has 1 aromatic heterocycles. The van der Waals surface area contributed by atoms with E-state index in [2.05, 4.69) is 15.3 Å². The van der Waals surface area contributed by atoms with E-state index in [9.17, 15) is 13.2 Å². The summed E-state index contributed by atoms with van der Waals surface area (Å²) in [5.41, 5.74) is 2.27. The minimum absolute atomic E-state index is 0.0803. The Bertz CT molecular complexity index is 1220. The minimum Gasteiger partial charge on any atom is -0.495 e. The molecular weight excluding hydrogens is 416 g/mol. The molecule has 0 unspecified atom stereocenters. The molecule has 0 radical (unpaired) electrons. The number of hydrogen-bond donors (Lipinski definition) is 1. The van der Waals surface area contributed by atoms with E-state index < -0.39 is 15.9 Å². The molecule has 0 spiro atoms. The number of aromatic nitrogens is 2. The Morgan fingerprint density at radius 3 is 2.52 bits per heavy atom. The first kappa shape index (κ1) is 22.4. The summed E-state index contributed by atoms with van der Waals surface area (Å²) in [6, 6.07) is 11.8. The predicted octanol–water partition coefficient (Wildman–Crippen LogP) is 3.32. The lowest BCUT2D eigenvalue weighted by molar-refractivity contribution is -0.111. The van der Waals surface area contributed by atoms with Crippen LogP contribution in [0.5, 0.6) is 5.75 Å². The first-order chi connectivity index (χ1) is 14.9. The number of benzene rings is 2. The number of carbonyl (C=O) groups excluding carboxylic acids is 1. The molecule has 3 rings (SSSR count). The molecule has 3 aromatic rings. The van der Waals surface area contributed by atoms with Crippen LogP contribution in [0, 0.1) is 0 Å². The molecule has 1 N–H and O–H groups in total. The lowest BCUT2D eigenvalue weighted by Gasteiger charge is -2.19. The third kappa shape index (κ3) is 5.07. The van der Waals surface area contributed by atoms with E-state index in [1.54, 1.807) is 20.0 Å². The van der Waals surface area contributed by atoms with Crippen molar-refractivity contribution in [2.24, 2.45) is 0 Å². The van der Waals surface area contributed by atoms with Crippen LogP contribution in [-0.4, -0.2) is 48.8 Å². The van der Waals surface area contributed by atoms with Crippen molar-refractivity contribution in [2.75, 3.05) is 25.5 Å². The largest absolute Gasteiger partial charge is 0.495 e. The number of fused-ring (bicyclic) bond motifs is 1. The molecular formula is C22H24N4O4S. The molecule has 0 saturated heterocycles. The van der Waals surface area contributed by atoms with Gasteiger partial charge in [-0.05, 0) is 36.4 Å². The van der Waals surface area contributed by atoms with E-state index in [-0.39, 0.29) is 10.6 Å². The molecule has 8 nitrogen and oxygen atoms in total. The molecule has 0 atom stereocenters. The zero-order chi connectivity index (χ0) is 22.4. The van der Waals surface area contributed by atoms with Crippen LogP contribution in [-0.2, 0) is 14.8 Å². The van der Waals surface area contributed by atoms with Gasteiger partial charge >= 0.3 is 0 Å². The third-order valence-corrected chi connectivity index (χ3v) is 6.69. The van der Waals surface area contributed by atoms with E-state index in [1.807, 2.05) is 24.3 Å². The highest BCUT2D eigenvalue weighted by atomic mass is 32.2. The second-order valence-electron chi connectivity index (χ2n) is 6.56. The zero-order valence-electron chi connectivity index (χ0n) is 17.6. The number of carbonyl (C=O) groups is 1. The topological polar surface area (TPSA) is 101 Å². The summed E-state index contributed by atoms with van der Waals surface area (Å²) in [7, 11) is -2.22. The zero-order valence-corrected chi connectivity index (χ0v) is 18.4. The number of nitrogens with one attached hydrogen (secondary N) is 1. The second-order valence-corrected chi connectivity index (χ2v) is 8.50. The normalized spacial score (nSPS) is 11.9. The highest BCUT2D eigenvalue weighted by molar-refractivity contribution is 7.89. The minimum atomic E-state index is -3.67. The highest BCUT2D eigenvalue weighted by Crippen LogP contribution is 2.29. The fourth-order valence-electron chi connectivity index (χ4n) is 3.05. The van der Waals surface area contributed by atoms with Crippen LogP contribution >= 0.6 is 0 Å². The summed E-state index contributed by atoms with van der Waals surface area (Å²) < 4.78 is 32.2. The molecule has 31 heavy (non-hydrogen) atoms. The smallest absolute Gasteiger partial charge is 0.248 e. The van der Waals surface area contributed by atoms with E-state index in [0.717, 1.165) is 11.0 Å². The first-order valence-corrected chi connectivity index (χ1v) is 11.2. The van der Waals surface area contributed by atoms with Crippen molar-refractivity contribution in [1.29, 1.82) is 0 Å². The van der Waals surface area contributed by atoms with Gasteiger partial charge in [0.25, 0.3) is 0 Å². The van der Waals surface area contributed by atoms with Crippen molar-refractivity contribution in [3.8, 4) is 5.75 Å².